The highest BCUT2D eigenvalue weighted by molar-refractivity contribution is 6.14. The number of carbonyl (C=O) groups excluding carboxylic acids is 3. The third kappa shape index (κ3) is 4.21. The number of ether oxygens (including phenoxy) is 6. The van der Waals surface area contributed by atoms with Gasteiger partial charge < -0.3 is 33.3 Å². The number of hydrogen-bond donors (Lipinski definition) is 0. The number of rotatable bonds is 8. The predicted molar refractivity (Wildman–Crippen MR) is 147 cm³/mol. The van der Waals surface area contributed by atoms with Crippen LogP contribution in [0.3, 0.4) is 0 Å². The van der Waals surface area contributed by atoms with Gasteiger partial charge in [-0.15, -0.1) is 0 Å². The van der Waals surface area contributed by atoms with Crippen LogP contribution in [0.4, 0.5) is 0 Å². The lowest BCUT2D eigenvalue weighted by molar-refractivity contribution is -0.166. The molecule has 3 aromatic carbocycles. The number of nitrogens with zero attached hydrogens (tertiary/aromatic N) is 1. The third-order valence-corrected chi connectivity index (χ3v) is 7.76. The molecule has 5 rings (SSSR count). The van der Waals surface area contributed by atoms with Crippen LogP contribution in [0.1, 0.15) is 38.7 Å². The van der Waals surface area contributed by atoms with Crippen LogP contribution in [0.5, 0.6) is 23.0 Å². The maximum absolute atomic E-state index is 14.2. The molecule has 0 N–H and O–H groups in total. The van der Waals surface area contributed by atoms with Crippen molar-refractivity contribution in [2.75, 3.05) is 42.1 Å². The van der Waals surface area contributed by atoms with E-state index in [1.54, 1.807) is 19.2 Å². The van der Waals surface area contributed by atoms with Crippen molar-refractivity contribution in [3.8, 4) is 23.0 Å². The highest BCUT2D eigenvalue weighted by Gasteiger charge is 2.65. The van der Waals surface area contributed by atoms with Gasteiger partial charge in [0, 0.05) is 6.54 Å². The Balaban J connectivity index is 1.77. The molecule has 2 aliphatic rings. The fraction of sp³-hybridized carbons (Fsp3) is 0.323. The molecule has 0 bridgehead atoms. The molecule has 0 fully saturated rings. The van der Waals surface area contributed by atoms with E-state index in [0.29, 0.717) is 23.5 Å². The molecule has 0 radical (unpaired) electrons. The van der Waals surface area contributed by atoms with Crippen molar-refractivity contribution in [2.24, 2.45) is 0 Å². The van der Waals surface area contributed by atoms with Crippen LogP contribution in [-0.4, -0.2) is 64.8 Å². The fourth-order valence-electron chi connectivity index (χ4n) is 5.93. The Morgan fingerprint density at radius 2 is 1.54 bits per heavy atom. The smallest absolute Gasteiger partial charge is 0.330 e. The molecule has 2 heterocycles. The molecule has 41 heavy (non-hydrogen) atoms. The zero-order valence-corrected chi connectivity index (χ0v) is 23.5. The van der Waals surface area contributed by atoms with Gasteiger partial charge in [0.1, 0.15) is 6.61 Å². The van der Waals surface area contributed by atoms with E-state index in [0.717, 1.165) is 11.1 Å². The summed E-state index contributed by atoms with van der Waals surface area (Å²) in [5.41, 5.74) is 0.350. The fourth-order valence-corrected chi connectivity index (χ4v) is 5.93. The van der Waals surface area contributed by atoms with Gasteiger partial charge >= 0.3 is 11.9 Å². The minimum atomic E-state index is -2.08. The van der Waals surface area contributed by atoms with Gasteiger partial charge in [-0.05, 0) is 46.9 Å². The largest absolute Gasteiger partial charge is 0.493 e. The summed E-state index contributed by atoms with van der Waals surface area (Å²) in [7, 11) is 6.76. The summed E-state index contributed by atoms with van der Waals surface area (Å²) in [5, 5.41) is 0. The van der Waals surface area contributed by atoms with Crippen molar-refractivity contribution in [3.05, 3.63) is 82.4 Å². The number of amides is 1. The summed E-state index contributed by atoms with van der Waals surface area (Å²) in [6, 6.07) is 15.1. The van der Waals surface area contributed by atoms with Crippen LogP contribution in [0, 0.1) is 0 Å². The van der Waals surface area contributed by atoms with E-state index in [-0.39, 0.29) is 35.8 Å². The molecule has 10 heteroatoms. The molecule has 3 aromatic rings. The van der Waals surface area contributed by atoms with Gasteiger partial charge in [-0.2, -0.15) is 0 Å². The highest BCUT2D eigenvalue weighted by Crippen LogP contribution is 2.55. The number of esters is 2. The van der Waals surface area contributed by atoms with Crippen molar-refractivity contribution in [2.45, 2.75) is 24.5 Å². The molecule has 0 aliphatic carbocycles. The summed E-state index contributed by atoms with van der Waals surface area (Å²) in [5.74, 6) is -0.905. The van der Waals surface area contributed by atoms with Gasteiger partial charge in [0.05, 0.1) is 47.2 Å². The Hall–Kier alpha value is -4.73. The zero-order chi connectivity index (χ0) is 29.3. The Morgan fingerprint density at radius 3 is 2.15 bits per heavy atom. The van der Waals surface area contributed by atoms with Crippen LogP contribution < -0.4 is 18.9 Å². The Kier molecular flexibility index (Phi) is 7.49. The zero-order valence-electron chi connectivity index (χ0n) is 23.5. The monoisotopic (exact) mass is 561 g/mol. The summed E-state index contributed by atoms with van der Waals surface area (Å²) in [6.07, 6.45) is 0.437. The van der Waals surface area contributed by atoms with E-state index < -0.39 is 29.3 Å². The second-order valence-electron chi connectivity index (χ2n) is 9.64. The van der Waals surface area contributed by atoms with Gasteiger partial charge in [-0.1, -0.05) is 36.4 Å². The standard InChI is InChI=1S/C31H31NO9/c1-36-22-12-11-21-25(26(22)38-3)28(33)32-14-13-19-15-23(37-2)24(41-17-18-9-7-6-8-10-18)16-20(19)27(32)31(21,29(34)39-4)30(35)40-5/h6-12,15-16,27H,13-14,17H2,1-5H3. The summed E-state index contributed by atoms with van der Waals surface area (Å²) in [6.45, 7) is 0.460. The Morgan fingerprint density at radius 1 is 0.854 bits per heavy atom. The van der Waals surface area contributed by atoms with E-state index in [2.05, 4.69) is 0 Å². The number of carbonyl (C=O) groups is 3. The topological polar surface area (TPSA) is 110 Å². The first-order chi connectivity index (χ1) is 19.9. The average molecular weight is 562 g/mol. The SMILES string of the molecule is COC(=O)C1(C(=O)OC)c2ccc(OC)c(OC)c2C(=O)N2CCc3cc(OC)c(OCc4ccccc4)cc3C21. The minimum absolute atomic E-state index is 0.0383. The molecule has 214 valence electrons. The summed E-state index contributed by atoms with van der Waals surface area (Å²) in [4.78, 5) is 43.5. The second kappa shape index (κ2) is 11.0. The van der Waals surface area contributed by atoms with E-state index >= 15 is 0 Å². The number of hydrogen-bond acceptors (Lipinski definition) is 9. The third-order valence-electron chi connectivity index (χ3n) is 7.76. The Bertz CT molecular complexity index is 1490. The normalized spacial score (nSPS) is 16.5. The molecule has 10 nitrogen and oxygen atoms in total. The minimum Gasteiger partial charge on any atom is -0.493 e. The molecular weight excluding hydrogens is 530 g/mol. The van der Waals surface area contributed by atoms with Crippen LogP contribution in [0.2, 0.25) is 0 Å². The van der Waals surface area contributed by atoms with Gasteiger partial charge in [-0.25, -0.2) is 0 Å². The number of methoxy groups -OCH3 is 5. The lowest BCUT2D eigenvalue weighted by Gasteiger charge is -2.49. The molecule has 1 unspecified atom stereocenters. The van der Waals surface area contributed by atoms with Crippen LogP contribution >= 0.6 is 0 Å². The molecule has 0 aromatic heterocycles. The molecule has 0 spiro atoms. The molecular formula is C31H31NO9. The molecule has 2 aliphatic heterocycles. The van der Waals surface area contributed by atoms with Gasteiger partial charge in [0.15, 0.2) is 23.0 Å². The van der Waals surface area contributed by atoms with Crippen molar-refractivity contribution in [3.63, 3.8) is 0 Å². The first kappa shape index (κ1) is 27.8. The Labute approximate surface area is 237 Å². The maximum Gasteiger partial charge on any atom is 0.330 e. The second-order valence-corrected chi connectivity index (χ2v) is 9.64. The van der Waals surface area contributed by atoms with E-state index in [9.17, 15) is 14.4 Å². The van der Waals surface area contributed by atoms with Crippen molar-refractivity contribution >= 4 is 17.8 Å². The maximum atomic E-state index is 14.2. The van der Waals surface area contributed by atoms with E-state index in [1.165, 1.54) is 39.4 Å². The highest BCUT2D eigenvalue weighted by atomic mass is 16.5. The van der Waals surface area contributed by atoms with E-state index in [4.69, 9.17) is 28.4 Å². The lowest BCUT2D eigenvalue weighted by Crippen LogP contribution is -2.62. The van der Waals surface area contributed by atoms with Gasteiger partial charge in [-0.3, -0.25) is 14.4 Å². The van der Waals surface area contributed by atoms with Crippen LogP contribution in [0.25, 0.3) is 0 Å². The molecule has 0 saturated heterocycles. The van der Waals surface area contributed by atoms with E-state index in [1.807, 2.05) is 36.4 Å². The van der Waals surface area contributed by atoms with Crippen molar-refractivity contribution < 1.29 is 42.8 Å². The quantitative estimate of drug-likeness (QED) is 0.301. The number of benzene rings is 3. The molecule has 1 amide bonds. The predicted octanol–water partition coefficient (Wildman–Crippen LogP) is 3.63. The van der Waals surface area contributed by atoms with Crippen molar-refractivity contribution in [1.29, 1.82) is 0 Å². The van der Waals surface area contributed by atoms with Gasteiger partial charge in [0.2, 0.25) is 5.41 Å². The molecule has 0 saturated carbocycles. The first-order valence-electron chi connectivity index (χ1n) is 13.0. The van der Waals surface area contributed by atoms with Gasteiger partial charge in [0.25, 0.3) is 5.91 Å². The van der Waals surface area contributed by atoms with Crippen molar-refractivity contribution in [1.82, 2.24) is 4.90 Å². The average Bonchev–Trinajstić information content (AvgIpc) is 3.02. The summed E-state index contributed by atoms with van der Waals surface area (Å²) < 4.78 is 33.4. The lowest BCUT2D eigenvalue weighted by atomic mass is 9.64. The van der Waals surface area contributed by atoms with Crippen LogP contribution in [-0.2, 0) is 37.5 Å². The van der Waals surface area contributed by atoms with Crippen LogP contribution in [0.15, 0.2) is 54.6 Å². The molecule has 1 atom stereocenters. The first-order valence-corrected chi connectivity index (χ1v) is 13.0. The summed E-state index contributed by atoms with van der Waals surface area (Å²) >= 11 is 0. The number of fused-ring (bicyclic) bond motifs is 4.